The molecule has 0 spiro atoms. The van der Waals surface area contributed by atoms with Gasteiger partial charge in [0, 0.05) is 43.0 Å². The van der Waals surface area contributed by atoms with E-state index in [4.69, 9.17) is 4.74 Å². The van der Waals surface area contributed by atoms with Crippen molar-refractivity contribution in [1.29, 1.82) is 0 Å². The zero-order chi connectivity index (χ0) is 21.5. The van der Waals surface area contributed by atoms with Crippen LogP contribution in [0.5, 0.6) is 5.75 Å². The summed E-state index contributed by atoms with van der Waals surface area (Å²) in [6, 6.07) is 6.10. The number of aliphatic imine (C=N–C) groups is 1. The van der Waals surface area contributed by atoms with Crippen molar-refractivity contribution in [3.05, 3.63) is 29.8 Å². The second-order valence-electron chi connectivity index (χ2n) is 7.33. The van der Waals surface area contributed by atoms with E-state index in [0.29, 0.717) is 18.1 Å². The van der Waals surface area contributed by atoms with Gasteiger partial charge < -0.3 is 20.1 Å². The highest BCUT2D eigenvalue weighted by Gasteiger charge is 2.40. The molecule has 2 heterocycles. The number of guanidine groups is 1. The van der Waals surface area contributed by atoms with Crippen molar-refractivity contribution in [2.75, 3.05) is 50.9 Å². The van der Waals surface area contributed by atoms with Crippen molar-refractivity contribution < 1.29 is 22.6 Å². The van der Waals surface area contributed by atoms with E-state index in [-0.39, 0.29) is 17.8 Å². The number of benzene rings is 1. The normalized spacial score (nSPS) is 23.4. The Labute approximate surface area is 179 Å². The van der Waals surface area contributed by atoms with Crippen molar-refractivity contribution in [2.45, 2.75) is 31.8 Å². The van der Waals surface area contributed by atoms with E-state index < -0.39 is 6.36 Å². The molecule has 3 rings (SSSR count). The number of ether oxygens (including phenoxy) is 2. The second-order valence-corrected chi connectivity index (χ2v) is 8.44. The topological polar surface area (TPSA) is 58.1 Å². The molecule has 0 amide bonds. The summed E-state index contributed by atoms with van der Waals surface area (Å²) in [7, 11) is 0. The van der Waals surface area contributed by atoms with Crippen LogP contribution in [0.1, 0.15) is 18.9 Å². The van der Waals surface area contributed by atoms with Gasteiger partial charge in [-0.1, -0.05) is 18.2 Å². The van der Waals surface area contributed by atoms with Crippen LogP contribution in [0.15, 0.2) is 29.3 Å². The molecule has 0 aromatic heterocycles. The molecule has 0 bridgehead atoms. The third-order valence-corrected chi connectivity index (χ3v) is 6.53. The standard InChI is InChI=1S/C20H29F3N4O2S/c1-2-24-18(25-13-16-5-3-4-6-17(16)29-20(21,22)23)26-14-19(7-12-30-15-19)27-8-10-28-11-9-27/h3-6H,2,7-15H2,1H3,(H2,24,25,26). The molecule has 6 nitrogen and oxygen atoms in total. The molecule has 2 saturated heterocycles. The average Bonchev–Trinajstić information content (AvgIpc) is 3.21. The Morgan fingerprint density at radius 3 is 2.70 bits per heavy atom. The van der Waals surface area contributed by atoms with Crippen LogP contribution in [0, 0.1) is 0 Å². The number of alkyl halides is 3. The summed E-state index contributed by atoms with van der Waals surface area (Å²) in [5.74, 6) is 2.53. The number of nitrogens with zero attached hydrogens (tertiary/aromatic N) is 2. The van der Waals surface area contributed by atoms with Crippen molar-refractivity contribution in [2.24, 2.45) is 4.99 Å². The lowest BCUT2D eigenvalue weighted by Crippen LogP contribution is -2.60. The zero-order valence-electron chi connectivity index (χ0n) is 17.1. The van der Waals surface area contributed by atoms with Crippen LogP contribution >= 0.6 is 11.8 Å². The predicted molar refractivity (Wildman–Crippen MR) is 113 cm³/mol. The number of morpholine rings is 1. The van der Waals surface area contributed by atoms with Crippen LogP contribution < -0.4 is 15.4 Å². The smallest absolute Gasteiger partial charge is 0.405 e. The van der Waals surface area contributed by atoms with Gasteiger partial charge in [0.2, 0.25) is 0 Å². The van der Waals surface area contributed by atoms with Crippen molar-refractivity contribution in [3.63, 3.8) is 0 Å². The molecule has 30 heavy (non-hydrogen) atoms. The summed E-state index contributed by atoms with van der Waals surface area (Å²) in [6.07, 6.45) is -3.64. The predicted octanol–water partition coefficient (Wildman–Crippen LogP) is 2.85. The Morgan fingerprint density at radius 2 is 2.03 bits per heavy atom. The first kappa shape index (κ1) is 23.0. The van der Waals surface area contributed by atoms with Crippen molar-refractivity contribution in [1.82, 2.24) is 15.5 Å². The molecule has 2 aliphatic heterocycles. The molecule has 1 aromatic rings. The lowest BCUT2D eigenvalue weighted by Gasteiger charge is -2.43. The van der Waals surface area contributed by atoms with Gasteiger partial charge in [-0.15, -0.1) is 13.2 Å². The number of rotatable bonds is 7. The maximum Gasteiger partial charge on any atom is 0.573 e. The number of thioether (sulfide) groups is 1. The van der Waals surface area contributed by atoms with Crippen LogP contribution in [-0.4, -0.2) is 73.7 Å². The molecule has 2 aliphatic rings. The molecular weight excluding hydrogens is 417 g/mol. The first-order valence-electron chi connectivity index (χ1n) is 10.2. The lowest BCUT2D eigenvalue weighted by molar-refractivity contribution is -0.274. The zero-order valence-corrected chi connectivity index (χ0v) is 18.0. The largest absolute Gasteiger partial charge is 0.573 e. The fourth-order valence-electron chi connectivity index (χ4n) is 3.75. The highest BCUT2D eigenvalue weighted by Crippen LogP contribution is 2.33. The minimum absolute atomic E-state index is 0.0436. The first-order chi connectivity index (χ1) is 14.4. The number of halogens is 3. The second kappa shape index (κ2) is 10.6. The Bertz CT molecular complexity index is 706. The summed E-state index contributed by atoms with van der Waals surface area (Å²) in [4.78, 5) is 7.01. The van der Waals surface area contributed by atoms with E-state index in [1.165, 1.54) is 12.1 Å². The molecule has 1 atom stereocenters. The van der Waals surface area contributed by atoms with Gasteiger partial charge in [0.15, 0.2) is 5.96 Å². The van der Waals surface area contributed by atoms with E-state index in [2.05, 4.69) is 25.3 Å². The number of hydrogen-bond acceptors (Lipinski definition) is 5. The van der Waals surface area contributed by atoms with E-state index in [1.807, 2.05) is 18.7 Å². The summed E-state index contributed by atoms with van der Waals surface area (Å²) in [6.45, 7) is 6.75. The van der Waals surface area contributed by atoms with Crippen LogP contribution in [-0.2, 0) is 11.3 Å². The Balaban J connectivity index is 1.67. The molecule has 0 aliphatic carbocycles. The molecule has 168 valence electrons. The Hall–Kier alpha value is -1.65. The fourth-order valence-corrected chi connectivity index (χ4v) is 5.23. The number of para-hydroxylation sites is 1. The van der Waals surface area contributed by atoms with E-state index in [9.17, 15) is 13.2 Å². The van der Waals surface area contributed by atoms with Crippen LogP contribution in [0.2, 0.25) is 0 Å². The summed E-state index contributed by atoms with van der Waals surface area (Å²) < 4.78 is 47.6. The van der Waals surface area contributed by atoms with Gasteiger partial charge in [-0.05, 0) is 25.2 Å². The van der Waals surface area contributed by atoms with E-state index in [0.717, 1.165) is 50.8 Å². The van der Waals surface area contributed by atoms with Gasteiger partial charge in [0.05, 0.1) is 19.8 Å². The summed E-state index contributed by atoms with van der Waals surface area (Å²) >= 11 is 1.95. The van der Waals surface area contributed by atoms with Gasteiger partial charge in [0.1, 0.15) is 5.75 Å². The van der Waals surface area contributed by atoms with Gasteiger partial charge in [0.25, 0.3) is 0 Å². The lowest BCUT2D eigenvalue weighted by atomic mass is 9.95. The van der Waals surface area contributed by atoms with Gasteiger partial charge in [-0.2, -0.15) is 11.8 Å². The highest BCUT2D eigenvalue weighted by molar-refractivity contribution is 7.99. The highest BCUT2D eigenvalue weighted by atomic mass is 32.2. The summed E-state index contributed by atoms with van der Waals surface area (Å²) in [5, 5.41) is 6.61. The van der Waals surface area contributed by atoms with Crippen molar-refractivity contribution >= 4 is 17.7 Å². The molecule has 1 aromatic carbocycles. The molecule has 2 N–H and O–H groups in total. The third kappa shape index (κ3) is 6.42. The minimum Gasteiger partial charge on any atom is -0.405 e. The Morgan fingerprint density at radius 1 is 1.27 bits per heavy atom. The number of nitrogens with one attached hydrogen (secondary N) is 2. The average molecular weight is 447 g/mol. The third-order valence-electron chi connectivity index (χ3n) is 5.30. The quantitative estimate of drug-likeness (QED) is 0.496. The van der Waals surface area contributed by atoms with Gasteiger partial charge in [-0.25, -0.2) is 4.99 Å². The maximum absolute atomic E-state index is 12.7. The van der Waals surface area contributed by atoms with Crippen LogP contribution in [0.4, 0.5) is 13.2 Å². The summed E-state index contributed by atoms with van der Waals surface area (Å²) in [5.41, 5.74) is 0.424. The van der Waals surface area contributed by atoms with Gasteiger partial charge >= 0.3 is 6.36 Å². The minimum atomic E-state index is -4.73. The number of hydrogen-bond donors (Lipinski definition) is 2. The van der Waals surface area contributed by atoms with Crippen LogP contribution in [0.25, 0.3) is 0 Å². The molecule has 1 unspecified atom stereocenters. The van der Waals surface area contributed by atoms with E-state index in [1.54, 1.807) is 12.1 Å². The molecular formula is C20H29F3N4O2S. The first-order valence-corrected chi connectivity index (χ1v) is 11.3. The van der Waals surface area contributed by atoms with Gasteiger partial charge in [-0.3, -0.25) is 4.90 Å². The fraction of sp³-hybridized carbons (Fsp3) is 0.650. The monoisotopic (exact) mass is 446 g/mol. The van der Waals surface area contributed by atoms with Crippen molar-refractivity contribution in [3.8, 4) is 5.75 Å². The molecule has 10 heteroatoms. The SMILES string of the molecule is CCNC(=NCc1ccccc1OC(F)(F)F)NCC1(N2CCOCC2)CCSC1. The molecule has 0 radical (unpaired) electrons. The van der Waals surface area contributed by atoms with E-state index >= 15 is 0 Å². The molecule has 2 fully saturated rings. The Kier molecular flexibility index (Phi) is 8.13. The maximum atomic E-state index is 12.7. The van der Waals surface area contributed by atoms with Crippen LogP contribution in [0.3, 0.4) is 0 Å². The molecule has 0 saturated carbocycles.